The van der Waals surface area contributed by atoms with Crippen molar-refractivity contribution in [2.45, 2.75) is 32.9 Å². The molecule has 108 valence electrons. The molecule has 1 heterocycles. The molecule has 0 amide bonds. The standard InChI is InChI=1S/C15H21N3O2/c1-11-6-4-5-7-13(11)15-16-14(20-17-15)10-18(3)9-8-12(2)19/h4-7,12,19H,8-10H2,1-3H3. The fraction of sp³-hybridized carbons (Fsp3) is 0.467. The Balaban J connectivity index is 2.01. The number of aliphatic hydroxyl groups excluding tert-OH is 1. The summed E-state index contributed by atoms with van der Waals surface area (Å²) >= 11 is 0. The Morgan fingerprint density at radius 1 is 1.35 bits per heavy atom. The highest BCUT2D eigenvalue weighted by molar-refractivity contribution is 5.58. The van der Waals surface area contributed by atoms with Crippen LogP contribution in [0.15, 0.2) is 28.8 Å². The minimum atomic E-state index is -0.289. The third kappa shape index (κ3) is 3.88. The number of benzene rings is 1. The molecule has 0 saturated carbocycles. The van der Waals surface area contributed by atoms with E-state index >= 15 is 0 Å². The van der Waals surface area contributed by atoms with E-state index in [1.807, 2.05) is 38.2 Å². The van der Waals surface area contributed by atoms with Crippen LogP contribution in [0.2, 0.25) is 0 Å². The molecule has 0 bridgehead atoms. The normalized spacial score (nSPS) is 12.8. The fourth-order valence-corrected chi connectivity index (χ4v) is 1.97. The molecule has 0 aliphatic rings. The van der Waals surface area contributed by atoms with E-state index in [2.05, 4.69) is 15.0 Å². The van der Waals surface area contributed by atoms with Gasteiger partial charge in [0, 0.05) is 12.1 Å². The molecule has 0 aliphatic carbocycles. The molecule has 1 aromatic carbocycles. The molecule has 5 heteroatoms. The maximum Gasteiger partial charge on any atom is 0.241 e. The molecular formula is C15H21N3O2. The summed E-state index contributed by atoms with van der Waals surface area (Å²) in [6.07, 6.45) is 0.442. The molecule has 1 unspecified atom stereocenters. The Hall–Kier alpha value is -1.72. The lowest BCUT2D eigenvalue weighted by atomic mass is 10.1. The quantitative estimate of drug-likeness (QED) is 0.876. The largest absolute Gasteiger partial charge is 0.393 e. The molecule has 2 rings (SSSR count). The third-order valence-electron chi connectivity index (χ3n) is 3.19. The van der Waals surface area contributed by atoms with Crippen LogP contribution in [0, 0.1) is 6.92 Å². The Kier molecular flexibility index (Phi) is 4.87. The van der Waals surface area contributed by atoms with Crippen molar-refractivity contribution in [1.82, 2.24) is 15.0 Å². The summed E-state index contributed by atoms with van der Waals surface area (Å²) in [4.78, 5) is 6.48. The van der Waals surface area contributed by atoms with Gasteiger partial charge in [-0.15, -0.1) is 0 Å². The van der Waals surface area contributed by atoms with Gasteiger partial charge < -0.3 is 9.63 Å². The summed E-state index contributed by atoms with van der Waals surface area (Å²) in [5, 5.41) is 13.3. The Bertz CT molecular complexity index is 552. The fourth-order valence-electron chi connectivity index (χ4n) is 1.97. The molecule has 1 N–H and O–H groups in total. The zero-order valence-corrected chi connectivity index (χ0v) is 12.2. The predicted octanol–water partition coefficient (Wildman–Crippen LogP) is 2.25. The van der Waals surface area contributed by atoms with E-state index in [9.17, 15) is 5.11 Å². The van der Waals surface area contributed by atoms with Gasteiger partial charge in [-0.05, 0) is 32.9 Å². The number of aromatic nitrogens is 2. The summed E-state index contributed by atoms with van der Waals surface area (Å²) in [6, 6.07) is 7.97. The van der Waals surface area contributed by atoms with Gasteiger partial charge in [-0.2, -0.15) is 4.98 Å². The van der Waals surface area contributed by atoms with Crippen LogP contribution >= 0.6 is 0 Å². The van der Waals surface area contributed by atoms with Crippen LogP contribution in [0.5, 0.6) is 0 Å². The molecule has 0 aliphatic heterocycles. The van der Waals surface area contributed by atoms with Gasteiger partial charge in [-0.3, -0.25) is 4.90 Å². The summed E-state index contributed by atoms with van der Waals surface area (Å²) < 4.78 is 5.29. The third-order valence-corrected chi connectivity index (χ3v) is 3.19. The van der Waals surface area contributed by atoms with E-state index in [0.717, 1.165) is 24.1 Å². The maximum absolute atomic E-state index is 9.27. The van der Waals surface area contributed by atoms with Gasteiger partial charge in [0.15, 0.2) is 0 Å². The summed E-state index contributed by atoms with van der Waals surface area (Å²) in [5.74, 6) is 1.22. The minimum Gasteiger partial charge on any atom is -0.393 e. The monoisotopic (exact) mass is 275 g/mol. The second-order valence-corrected chi connectivity index (χ2v) is 5.20. The zero-order valence-electron chi connectivity index (χ0n) is 12.2. The second kappa shape index (κ2) is 6.63. The lowest BCUT2D eigenvalue weighted by molar-refractivity contribution is 0.158. The number of aryl methyl sites for hydroxylation is 1. The SMILES string of the molecule is Cc1ccccc1-c1noc(CN(C)CCC(C)O)n1. The first-order chi connectivity index (χ1) is 9.56. The Labute approximate surface area is 119 Å². The average Bonchev–Trinajstić information content (AvgIpc) is 2.85. The van der Waals surface area contributed by atoms with Gasteiger partial charge in [-0.25, -0.2) is 0 Å². The molecular weight excluding hydrogens is 254 g/mol. The minimum absolute atomic E-state index is 0.289. The molecule has 0 fully saturated rings. The van der Waals surface area contributed by atoms with E-state index in [0.29, 0.717) is 18.3 Å². The Morgan fingerprint density at radius 2 is 2.10 bits per heavy atom. The maximum atomic E-state index is 9.27. The molecule has 1 aromatic heterocycles. The van der Waals surface area contributed by atoms with Crippen molar-refractivity contribution in [2.24, 2.45) is 0 Å². The molecule has 5 nitrogen and oxygen atoms in total. The van der Waals surface area contributed by atoms with Crippen LogP contribution in [0.25, 0.3) is 11.4 Å². The highest BCUT2D eigenvalue weighted by Crippen LogP contribution is 2.20. The van der Waals surface area contributed by atoms with Gasteiger partial charge in [0.25, 0.3) is 0 Å². The van der Waals surface area contributed by atoms with Crippen molar-refractivity contribution in [2.75, 3.05) is 13.6 Å². The van der Waals surface area contributed by atoms with Crippen LogP contribution < -0.4 is 0 Å². The first-order valence-electron chi connectivity index (χ1n) is 6.81. The molecule has 20 heavy (non-hydrogen) atoms. The molecule has 0 saturated heterocycles. The highest BCUT2D eigenvalue weighted by Gasteiger charge is 2.12. The van der Waals surface area contributed by atoms with Crippen molar-refractivity contribution < 1.29 is 9.63 Å². The van der Waals surface area contributed by atoms with E-state index in [1.165, 1.54) is 0 Å². The van der Waals surface area contributed by atoms with Crippen LogP contribution in [0.4, 0.5) is 0 Å². The van der Waals surface area contributed by atoms with Crippen LogP contribution in [0.3, 0.4) is 0 Å². The topological polar surface area (TPSA) is 62.4 Å². The van der Waals surface area contributed by atoms with E-state index < -0.39 is 0 Å². The zero-order chi connectivity index (χ0) is 14.5. The van der Waals surface area contributed by atoms with Crippen molar-refractivity contribution in [3.63, 3.8) is 0 Å². The lowest BCUT2D eigenvalue weighted by Gasteiger charge is -2.14. The van der Waals surface area contributed by atoms with Gasteiger partial charge >= 0.3 is 0 Å². The van der Waals surface area contributed by atoms with Crippen molar-refractivity contribution in [1.29, 1.82) is 0 Å². The average molecular weight is 275 g/mol. The smallest absolute Gasteiger partial charge is 0.241 e. The molecule has 1 atom stereocenters. The van der Waals surface area contributed by atoms with Gasteiger partial charge in [0.05, 0.1) is 12.6 Å². The predicted molar refractivity (Wildman–Crippen MR) is 77.1 cm³/mol. The van der Waals surface area contributed by atoms with E-state index in [-0.39, 0.29) is 6.10 Å². The second-order valence-electron chi connectivity index (χ2n) is 5.20. The van der Waals surface area contributed by atoms with Gasteiger partial charge in [0.1, 0.15) is 0 Å². The van der Waals surface area contributed by atoms with Crippen LogP contribution in [0.1, 0.15) is 24.8 Å². The number of hydrogen-bond acceptors (Lipinski definition) is 5. The first-order valence-corrected chi connectivity index (χ1v) is 6.81. The van der Waals surface area contributed by atoms with Gasteiger partial charge in [-0.1, -0.05) is 29.4 Å². The Morgan fingerprint density at radius 3 is 2.80 bits per heavy atom. The van der Waals surface area contributed by atoms with Crippen molar-refractivity contribution in [3.05, 3.63) is 35.7 Å². The number of hydrogen-bond donors (Lipinski definition) is 1. The number of nitrogens with zero attached hydrogens (tertiary/aromatic N) is 3. The van der Waals surface area contributed by atoms with Crippen LogP contribution in [-0.2, 0) is 6.54 Å². The number of rotatable bonds is 6. The molecule has 0 radical (unpaired) electrons. The van der Waals surface area contributed by atoms with Crippen LogP contribution in [-0.4, -0.2) is 39.8 Å². The summed E-state index contributed by atoms with van der Waals surface area (Å²) in [6.45, 7) is 5.20. The summed E-state index contributed by atoms with van der Waals surface area (Å²) in [5.41, 5.74) is 2.12. The first kappa shape index (κ1) is 14.7. The van der Waals surface area contributed by atoms with E-state index in [1.54, 1.807) is 6.92 Å². The lowest BCUT2D eigenvalue weighted by Crippen LogP contribution is -2.22. The highest BCUT2D eigenvalue weighted by atomic mass is 16.5. The van der Waals surface area contributed by atoms with Crippen molar-refractivity contribution >= 4 is 0 Å². The van der Waals surface area contributed by atoms with E-state index in [4.69, 9.17) is 4.52 Å². The van der Waals surface area contributed by atoms with Crippen molar-refractivity contribution in [3.8, 4) is 11.4 Å². The number of aliphatic hydroxyl groups is 1. The summed E-state index contributed by atoms with van der Waals surface area (Å²) in [7, 11) is 1.97. The molecule has 0 spiro atoms. The molecule has 2 aromatic rings. The van der Waals surface area contributed by atoms with Gasteiger partial charge in [0.2, 0.25) is 11.7 Å².